The summed E-state index contributed by atoms with van der Waals surface area (Å²) in [5.74, 6) is -2.69. The molecule has 2 aromatic carbocycles. The summed E-state index contributed by atoms with van der Waals surface area (Å²) in [5.41, 5.74) is 0.0160. The van der Waals surface area contributed by atoms with E-state index in [1.807, 2.05) is 13.8 Å². The molecule has 1 fully saturated rings. The number of thiazole rings is 1. The van der Waals surface area contributed by atoms with Crippen LogP contribution in [0.4, 0.5) is 18.3 Å². The lowest BCUT2D eigenvalue weighted by atomic mass is 9.96. The summed E-state index contributed by atoms with van der Waals surface area (Å²) in [6, 6.07) is 6.63. The van der Waals surface area contributed by atoms with Crippen molar-refractivity contribution in [2.24, 2.45) is 5.92 Å². The summed E-state index contributed by atoms with van der Waals surface area (Å²) < 4.78 is 68.9. The number of anilines is 1. The van der Waals surface area contributed by atoms with E-state index in [4.69, 9.17) is 0 Å². The molecule has 0 N–H and O–H groups in total. The van der Waals surface area contributed by atoms with E-state index in [1.165, 1.54) is 27.4 Å². The Bertz CT molecular complexity index is 1350. The van der Waals surface area contributed by atoms with Gasteiger partial charge in [0.25, 0.3) is 0 Å². The van der Waals surface area contributed by atoms with Crippen molar-refractivity contribution < 1.29 is 26.4 Å². The van der Waals surface area contributed by atoms with Gasteiger partial charge in [-0.3, -0.25) is 9.69 Å². The Labute approximate surface area is 218 Å². The predicted molar refractivity (Wildman–Crippen MR) is 138 cm³/mol. The van der Waals surface area contributed by atoms with Gasteiger partial charge in [-0.2, -0.15) is 4.31 Å². The maximum Gasteiger partial charge on any atom is 0.243 e. The average Bonchev–Trinajstić information content (AvgIpc) is 3.31. The fourth-order valence-electron chi connectivity index (χ4n) is 4.46. The molecule has 0 atom stereocenters. The molecule has 1 amide bonds. The molecule has 0 aliphatic carbocycles. The van der Waals surface area contributed by atoms with Crippen molar-refractivity contribution in [3.8, 4) is 0 Å². The molecule has 12 heteroatoms. The summed E-state index contributed by atoms with van der Waals surface area (Å²) in [6.07, 6.45) is 0.601. The zero-order valence-corrected chi connectivity index (χ0v) is 22.3. The van der Waals surface area contributed by atoms with E-state index in [0.717, 1.165) is 42.6 Å². The molecule has 200 valence electrons. The monoisotopic (exact) mass is 554 g/mol. The summed E-state index contributed by atoms with van der Waals surface area (Å²) >= 11 is 1.05. The quantitative estimate of drug-likeness (QED) is 0.390. The van der Waals surface area contributed by atoms with E-state index < -0.39 is 33.4 Å². The lowest BCUT2D eigenvalue weighted by molar-refractivity contribution is -0.123. The highest BCUT2D eigenvalue weighted by molar-refractivity contribution is 7.89. The fraction of sp³-hybridized carbons (Fsp3) is 0.440. The molecule has 0 bridgehead atoms. The number of likely N-dealkylation sites (N-methyl/N-ethyl adjacent to an activating group) is 1. The summed E-state index contributed by atoms with van der Waals surface area (Å²) in [5, 5.41) is 0.290. The number of hydrogen-bond donors (Lipinski definition) is 0. The molecule has 4 rings (SSSR count). The second-order valence-electron chi connectivity index (χ2n) is 8.88. The van der Waals surface area contributed by atoms with Gasteiger partial charge >= 0.3 is 0 Å². The molecule has 37 heavy (non-hydrogen) atoms. The first-order valence-corrected chi connectivity index (χ1v) is 14.4. The van der Waals surface area contributed by atoms with Gasteiger partial charge in [0.1, 0.15) is 17.2 Å². The van der Waals surface area contributed by atoms with E-state index >= 15 is 0 Å². The van der Waals surface area contributed by atoms with Crippen LogP contribution in [0, 0.1) is 23.4 Å². The summed E-state index contributed by atoms with van der Waals surface area (Å²) in [4.78, 5) is 21.7. The maximum atomic E-state index is 14.3. The molecule has 1 aliphatic rings. The van der Waals surface area contributed by atoms with Gasteiger partial charge in [0.15, 0.2) is 10.9 Å². The Morgan fingerprint density at radius 1 is 1.03 bits per heavy atom. The number of sulfonamides is 1. The van der Waals surface area contributed by atoms with Crippen molar-refractivity contribution in [3.63, 3.8) is 0 Å². The van der Waals surface area contributed by atoms with Gasteiger partial charge in [-0.1, -0.05) is 25.2 Å². The van der Waals surface area contributed by atoms with Crippen LogP contribution in [-0.4, -0.2) is 67.8 Å². The second kappa shape index (κ2) is 11.5. The van der Waals surface area contributed by atoms with Crippen molar-refractivity contribution >= 4 is 42.6 Å². The number of rotatable bonds is 9. The normalized spacial score (nSPS) is 15.5. The van der Waals surface area contributed by atoms with E-state index in [1.54, 1.807) is 0 Å². The number of nitrogens with zero attached hydrogens (tertiary/aromatic N) is 4. The number of aromatic nitrogens is 1. The van der Waals surface area contributed by atoms with Crippen LogP contribution >= 0.6 is 11.3 Å². The molecule has 7 nitrogen and oxygen atoms in total. The number of halogens is 3. The molecule has 3 aromatic rings. The Kier molecular flexibility index (Phi) is 8.52. The average molecular weight is 555 g/mol. The third-order valence-electron chi connectivity index (χ3n) is 6.69. The topological polar surface area (TPSA) is 73.8 Å². The van der Waals surface area contributed by atoms with Crippen LogP contribution in [0.15, 0.2) is 41.3 Å². The molecule has 1 aliphatic heterocycles. The lowest BCUT2D eigenvalue weighted by Gasteiger charge is -2.33. The zero-order chi connectivity index (χ0) is 26.7. The Morgan fingerprint density at radius 2 is 1.68 bits per heavy atom. The van der Waals surface area contributed by atoms with Crippen LogP contribution in [0.1, 0.15) is 26.7 Å². The van der Waals surface area contributed by atoms with Crippen LogP contribution in [0.2, 0.25) is 0 Å². The van der Waals surface area contributed by atoms with Crippen molar-refractivity contribution in [3.05, 3.63) is 53.8 Å². The van der Waals surface area contributed by atoms with Crippen LogP contribution in [0.25, 0.3) is 10.2 Å². The Morgan fingerprint density at radius 3 is 2.30 bits per heavy atom. The second-order valence-corrected chi connectivity index (χ2v) is 11.8. The Hall–Kier alpha value is -2.54. The highest BCUT2D eigenvalue weighted by atomic mass is 32.2. The van der Waals surface area contributed by atoms with Crippen molar-refractivity contribution in [2.45, 2.75) is 31.6 Å². The van der Waals surface area contributed by atoms with Crippen LogP contribution in [0.3, 0.4) is 0 Å². The van der Waals surface area contributed by atoms with Gasteiger partial charge in [0, 0.05) is 38.2 Å². The molecule has 2 heterocycles. The zero-order valence-electron chi connectivity index (χ0n) is 20.7. The summed E-state index contributed by atoms with van der Waals surface area (Å²) in [7, 11) is -3.81. The van der Waals surface area contributed by atoms with Gasteiger partial charge in [0.2, 0.25) is 15.9 Å². The molecule has 0 spiro atoms. The molecule has 0 radical (unpaired) electrons. The first-order valence-electron chi connectivity index (χ1n) is 12.2. The minimum Gasteiger partial charge on any atom is -0.302 e. The SMILES string of the molecule is CCN(CC)CCN(C(=O)C1CCN(S(=O)(=O)c2ccc(F)cc2)CC1)c1nc2c(F)cc(F)cc2s1. The van der Waals surface area contributed by atoms with E-state index in [9.17, 15) is 26.4 Å². The number of carbonyl (C=O) groups excluding carboxylic acids is 1. The van der Waals surface area contributed by atoms with Gasteiger partial charge in [-0.05, 0) is 56.3 Å². The van der Waals surface area contributed by atoms with E-state index in [0.29, 0.717) is 30.6 Å². The van der Waals surface area contributed by atoms with E-state index in [-0.39, 0.29) is 34.5 Å². The summed E-state index contributed by atoms with van der Waals surface area (Å²) in [6.45, 7) is 6.78. The standard InChI is InChI=1S/C25H29F3N4O3S2/c1-3-30(4-2)13-14-32(25-29-23-21(28)15-19(27)16-22(23)36-25)24(33)17-9-11-31(12-10-17)37(34,35)20-7-5-18(26)6-8-20/h5-8,15-17H,3-4,9-14H2,1-2H3. The highest BCUT2D eigenvalue weighted by Gasteiger charge is 2.35. The van der Waals surface area contributed by atoms with Gasteiger partial charge in [0.05, 0.1) is 9.60 Å². The minimum atomic E-state index is -3.81. The van der Waals surface area contributed by atoms with Crippen molar-refractivity contribution in [1.82, 2.24) is 14.2 Å². The van der Waals surface area contributed by atoms with Gasteiger partial charge in [-0.15, -0.1) is 0 Å². The number of fused-ring (bicyclic) bond motifs is 1. The first kappa shape index (κ1) is 27.5. The van der Waals surface area contributed by atoms with E-state index in [2.05, 4.69) is 9.88 Å². The van der Waals surface area contributed by atoms with Crippen molar-refractivity contribution in [2.75, 3.05) is 44.2 Å². The van der Waals surface area contributed by atoms with Crippen LogP contribution in [0.5, 0.6) is 0 Å². The molecular weight excluding hydrogens is 525 g/mol. The maximum absolute atomic E-state index is 14.3. The fourth-order valence-corrected chi connectivity index (χ4v) is 6.97. The van der Waals surface area contributed by atoms with Gasteiger partial charge in [-0.25, -0.2) is 26.6 Å². The molecule has 0 unspecified atom stereocenters. The number of amides is 1. The molecule has 0 saturated carbocycles. The predicted octanol–water partition coefficient (Wildman–Crippen LogP) is 4.49. The highest BCUT2D eigenvalue weighted by Crippen LogP contribution is 2.33. The number of piperidine rings is 1. The molecule has 1 saturated heterocycles. The Balaban J connectivity index is 1.54. The van der Waals surface area contributed by atoms with Crippen molar-refractivity contribution in [1.29, 1.82) is 0 Å². The molecular formula is C25H29F3N4O3S2. The smallest absolute Gasteiger partial charge is 0.243 e. The number of hydrogen-bond acceptors (Lipinski definition) is 6. The molecule has 1 aromatic heterocycles. The van der Waals surface area contributed by atoms with Crippen LogP contribution in [-0.2, 0) is 14.8 Å². The van der Waals surface area contributed by atoms with Gasteiger partial charge < -0.3 is 4.90 Å². The number of carbonyl (C=O) groups is 1. The third kappa shape index (κ3) is 5.97. The lowest BCUT2D eigenvalue weighted by Crippen LogP contribution is -2.46. The van der Waals surface area contributed by atoms with Crippen LogP contribution < -0.4 is 4.90 Å². The largest absolute Gasteiger partial charge is 0.302 e. The third-order valence-corrected chi connectivity index (χ3v) is 9.63. The number of benzene rings is 2. The first-order chi connectivity index (χ1) is 17.6. The minimum absolute atomic E-state index is 0.00302.